The van der Waals surface area contributed by atoms with Gasteiger partial charge in [-0.1, -0.05) is 108 Å². The number of aromatic nitrogens is 2. The van der Waals surface area contributed by atoms with Crippen molar-refractivity contribution in [2.75, 3.05) is 0 Å². The first kappa shape index (κ1) is 21.9. The molecule has 0 bridgehead atoms. The molecule has 0 aliphatic rings. The van der Waals surface area contributed by atoms with Crippen LogP contribution in [-0.4, -0.2) is 9.97 Å². The third-order valence-corrected chi connectivity index (χ3v) is 6.67. The molecule has 0 spiro atoms. The first-order valence-corrected chi connectivity index (χ1v) is 12.3. The van der Waals surface area contributed by atoms with Crippen LogP contribution in [0.3, 0.4) is 0 Å². The lowest BCUT2D eigenvalue weighted by Crippen LogP contribution is -1.90. The number of hydrogen-bond acceptors (Lipinski definition) is 2. The van der Waals surface area contributed by atoms with Crippen molar-refractivity contribution >= 4 is 11.0 Å². The average molecular weight is 463 g/mol. The summed E-state index contributed by atoms with van der Waals surface area (Å²) < 4.78 is 0. The molecule has 172 valence electrons. The Balaban J connectivity index is 1.25. The van der Waals surface area contributed by atoms with E-state index in [9.17, 15) is 0 Å². The van der Waals surface area contributed by atoms with Crippen molar-refractivity contribution in [3.63, 3.8) is 0 Å². The number of pyridine rings is 2. The van der Waals surface area contributed by atoms with Crippen molar-refractivity contribution in [2.24, 2.45) is 0 Å². The molecule has 0 atom stereocenters. The smallest absolute Gasteiger partial charge is 0.0894 e. The molecule has 2 nitrogen and oxygen atoms in total. The van der Waals surface area contributed by atoms with Crippen molar-refractivity contribution in [3.05, 3.63) is 132 Å². The zero-order valence-corrected chi connectivity index (χ0v) is 20.4. The van der Waals surface area contributed by atoms with Gasteiger partial charge in [-0.05, 0) is 60.4 Å². The molecule has 6 aromatic rings. The van der Waals surface area contributed by atoms with Gasteiger partial charge in [0.25, 0.3) is 0 Å². The zero-order chi connectivity index (χ0) is 24.5. The lowest BCUT2D eigenvalue weighted by Gasteiger charge is -2.08. The molecule has 0 amide bonds. The fourth-order valence-electron chi connectivity index (χ4n) is 4.49. The van der Waals surface area contributed by atoms with Crippen LogP contribution < -0.4 is 0 Å². The monoisotopic (exact) mass is 462 g/mol. The van der Waals surface area contributed by atoms with Crippen LogP contribution in [0, 0.1) is 13.8 Å². The third kappa shape index (κ3) is 4.42. The van der Waals surface area contributed by atoms with E-state index in [1.165, 1.54) is 33.4 Å². The fraction of sp³-hybridized carbons (Fsp3) is 0.0588. The van der Waals surface area contributed by atoms with Crippen LogP contribution in [0.4, 0.5) is 0 Å². The van der Waals surface area contributed by atoms with Crippen LogP contribution >= 0.6 is 0 Å². The Hall–Kier alpha value is -4.56. The predicted octanol–water partition coefficient (Wildman–Crippen LogP) is 8.91. The topological polar surface area (TPSA) is 25.8 Å². The molecule has 0 unspecified atom stereocenters. The Morgan fingerprint density at radius 3 is 0.917 bits per heavy atom. The number of hydrogen-bond donors (Lipinski definition) is 0. The van der Waals surface area contributed by atoms with Gasteiger partial charge >= 0.3 is 0 Å². The Morgan fingerprint density at radius 1 is 0.306 bits per heavy atom. The number of aryl methyl sites for hydroxylation is 2. The molecule has 0 saturated heterocycles. The Morgan fingerprint density at radius 2 is 0.583 bits per heavy atom. The molecular formula is C34H26N2. The van der Waals surface area contributed by atoms with E-state index in [0.29, 0.717) is 0 Å². The highest BCUT2D eigenvalue weighted by Gasteiger charge is 2.07. The molecule has 0 fully saturated rings. The van der Waals surface area contributed by atoms with E-state index < -0.39 is 0 Å². The van der Waals surface area contributed by atoms with Gasteiger partial charge in [-0.25, -0.2) is 9.97 Å². The van der Waals surface area contributed by atoms with Gasteiger partial charge < -0.3 is 0 Å². The van der Waals surface area contributed by atoms with E-state index in [1.54, 1.807) is 0 Å². The maximum absolute atomic E-state index is 4.89. The van der Waals surface area contributed by atoms with Crippen LogP contribution in [0.2, 0.25) is 0 Å². The number of fused-ring (bicyclic) bond motifs is 1. The predicted molar refractivity (Wildman–Crippen MR) is 151 cm³/mol. The average Bonchev–Trinajstić information content (AvgIpc) is 2.94. The van der Waals surface area contributed by atoms with E-state index >= 15 is 0 Å². The van der Waals surface area contributed by atoms with Gasteiger partial charge in [0.15, 0.2) is 0 Å². The SMILES string of the molecule is Cc1ccc(-c2ccc(-c3ccc4nc(-c5ccc(-c6ccc(C)cc6)cc5)ccc4n3)cc2)cc1. The first-order chi connectivity index (χ1) is 17.6. The van der Waals surface area contributed by atoms with Crippen LogP contribution in [0.5, 0.6) is 0 Å². The van der Waals surface area contributed by atoms with Gasteiger partial charge in [0.2, 0.25) is 0 Å². The largest absolute Gasteiger partial charge is 0.246 e. The first-order valence-electron chi connectivity index (χ1n) is 12.3. The van der Waals surface area contributed by atoms with Gasteiger partial charge in [-0.15, -0.1) is 0 Å². The molecule has 2 heteroatoms. The van der Waals surface area contributed by atoms with E-state index in [1.807, 2.05) is 0 Å². The van der Waals surface area contributed by atoms with E-state index in [2.05, 4.69) is 135 Å². The Bertz CT molecular complexity index is 1520. The van der Waals surface area contributed by atoms with Gasteiger partial charge in [-0.2, -0.15) is 0 Å². The standard InChI is InChI=1S/C34H26N2/c1-23-3-7-25(8-4-23)27-11-15-29(16-12-27)31-19-21-34-33(35-31)22-20-32(36-34)30-17-13-28(14-18-30)26-9-5-24(2)6-10-26/h3-22H,1-2H3. The second-order valence-electron chi connectivity index (χ2n) is 9.32. The second kappa shape index (κ2) is 9.24. The normalized spacial score (nSPS) is 11.1. The molecule has 36 heavy (non-hydrogen) atoms. The summed E-state index contributed by atoms with van der Waals surface area (Å²) >= 11 is 0. The number of rotatable bonds is 4. The minimum absolute atomic E-state index is 0.898. The highest BCUT2D eigenvalue weighted by Crippen LogP contribution is 2.28. The van der Waals surface area contributed by atoms with Crippen molar-refractivity contribution < 1.29 is 0 Å². The van der Waals surface area contributed by atoms with Crippen molar-refractivity contribution in [1.29, 1.82) is 0 Å². The summed E-state index contributed by atoms with van der Waals surface area (Å²) in [5.74, 6) is 0. The van der Waals surface area contributed by atoms with Crippen molar-refractivity contribution in [1.82, 2.24) is 9.97 Å². The van der Waals surface area contributed by atoms with Crippen LogP contribution in [0.25, 0.3) is 55.8 Å². The molecule has 6 rings (SSSR count). The maximum Gasteiger partial charge on any atom is 0.0894 e. The third-order valence-electron chi connectivity index (χ3n) is 6.67. The van der Waals surface area contributed by atoms with Crippen LogP contribution in [0.1, 0.15) is 11.1 Å². The molecule has 0 radical (unpaired) electrons. The summed E-state index contributed by atoms with van der Waals surface area (Å²) in [6.07, 6.45) is 0. The van der Waals surface area contributed by atoms with E-state index in [0.717, 1.165) is 33.5 Å². The fourth-order valence-corrected chi connectivity index (χ4v) is 4.49. The number of benzene rings is 4. The highest BCUT2D eigenvalue weighted by atomic mass is 14.8. The summed E-state index contributed by atoms with van der Waals surface area (Å²) in [4.78, 5) is 9.79. The summed E-state index contributed by atoms with van der Waals surface area (Å²) in [5, 5.41) is 0. The lowest BCUT2D eigenvalue weighted by atomic mass is 10.0. The summed E-state index contributed by atoms with van der Waals surface area (Å²) in [6, 6.07) is 42.7. The van der Waals surface area contributed by atoms with Gasteiger partial charge in [0.1, 0.15) is 0 Å². The van der Waals surface area contributed by atoms with Crippen molar-refractivity contribution in [3.8, 4) is 44.8 Å². The summed E-state index contributed by atoms with van der Waals surface area (Å²) in [6.45, 7) is 4.22. The van der Waals surface area contributed by atoms with Crippen LogP contribution in [0.15, 0.2) is 121 Å². The molecule has 4 aromatic carbocycles. The minimum atomic E-state index is 0.898. The second-order valence-corrected chi connectivity index (χ2v) is 9.32. The Kier molecular flexibility index (Phi) is 5.63. The summed E-state index contributed by atoms with van der Waals surface area (Å²) in [7, 11) is 0. The molecule has 0 aliphatic carbocycles. The molecule has 2 heterocycles. The molecular weight excluding hydrogens is 436 g/mol. The van der Waals surface area contributed by atoms with Gasteiger partial charge in [0.05, 0.1) is 22.4 Å². The molecule has 2 aromatic heterocycles. The molecule has 0 N–H and O–H groups in total. The highest BCUT2D eigenvalue weighted by molar-refractivity contribution is 5.81. The van der Waals surface area contributed by atoms with Gasteiger partial charge in [0, 0.05) is 11.1 Å². The minimum Gasteiger partial charge on any atom is -0.246 e. The molecule has 0 aliphatic heterocycles. The number of nitrogens with zero attached hydrogens (tertiary/aromatic N) is 2. The quantitative estimate of drug-likeness (QED) is 0.261. The molecule has 0 saturated carbocycles. The van der Waals surface area contributed by atoms with Crippen molar-refractivity contribution in [2.45, 2.75) is 13.8 Å². The Labute approximate surface area is 212 Å². The van der Waals surface area contributed by atoms with E-state index in [-0.39, 0.29) is 0 Å². The maximum atomic E-state index is 4.89. The van der Waals surface area contributed by atoms with Crippen LogP contribution in [-0.2, 0) is 0 Å². The summed E-state index contributed by atoms with van der Waals surface area (Å²) in [5.41, 5.74) is 13.3. The van der Waals surface area contributed by atoms with Gasteiger partial charge in [-0.3, -0.25) is 0 Å². The van der Waals surface area contributed by atoms with E-state index in [4.69, 9.17) is 9.97 Å². The lowest BCUT2D eigenvalue weighted by molar-refractivity contribution is 1.33. The zero-order valence-electron chi connectivity index (χ0n) is 20.4.